The number of rotatable bonds is 1. The minimum absolute atomic E-state index is 0.448. The number of fused-ring (bicyclic) bond motifs is 1. The Labute approximate surface area is 69.8 Å². The van der Waals surface area contributed by atoms with Crippen molar-refractivity contribution in [3.63, 3.8) is 0 Å². The minimum atomic E-state index is 0.448. The van der Waals surface area contributed by atoms with Gasteiger partial charge in [-0.25, -0.2) is 0 Å². The second-order valence-corrected chi connectivity index (χ2v) is 2.55. The second kappa shape index (κ2) is 2.57. The first-order valence-corrected chi connectivity index (χ1v) is 3.57. The topological polar surface area (TPSA) is 53.7 Å². The van der Waals surface area contributed by atoms with Gasteiger partial charge in [0.15, 0.2) is 5.75 Å². The average Bonchev–Trinajstić information content (AvgIpc) is 2.49. The molecule has 12 heavy (non-hydrogen) atoms. The van der Waals surface area contributed by atoms with E-state index in [1.54, 1.807) is 19.2 Å². The summed E-state index contributed by atoms with van der Waals surface area (Å²) < 4.78 is 5.01. The van der Waals surface area contributed by atoms with E-state index >= 15 is 0 Å². The molecule has 0 saturated carbocycles. The van der Waals surface area contributed by atoms with Gasteiger partial charge in [0.1, 0.15) is 12.4 Å². The summed E-state index contributed by atoms with van der Waals surface area (Å²) in [5, 5.41) is 0. The Hall–Kier alpha value is -1.42. The number of anilines is 1. The summed E-state index contributed by atoms with van der Waals surface area (Å²) in [6.07, 6.45) is 0. The Kier molecular flexibility index (Phi) is 1.55. The van der Waals surface area contributed by atoms with Gasteiger partial charge < -0.3 is 15.4 Å². The van der Waals surface area contributed by atoms with Crippen LogP contribution in [0, 0.1) is 0 Å². The SMILES string of the molecule is COc1cc2c(cc1N)COO2. The van der Waals surface area contributed by atoms with Crippen molar-refractivity contribution in [2.45, 2.75) is 6.61 Å². The van der Waals surface area contributed by atoms with Crippen LogP contribution in [0.2, 0.25) is 0 Å². The Morgan fingerprint density at radius 2 is 2.33 bits per heavy atom. The summed E-state index contributed by atoms with van der Waals surface area (Å²) in [5.74, 6) is 1.29. The number of hydrogen-bond acceptors (Lipinski definition) is 4. The van der Waals surface area contributed by atoms with Crippen LogP contribution >= 0.6 is 0 Å². The summed E-state index contributed by atoms with van der Waals surface area (Å²) >= 11 is 0. The molecule has 1 aliphatic rings. The molecule has 4 nitrogen and oxygen atoms in total. The van der Waals surface area contributed by atoms with E-state index in [-0.39, 0.29) is 0 Å². The average molecular weight is 167 g/mol. The zero-order chi connectivity index (χ0) is 8.55. The number of benzene rings is 1. The Bertz CT molecular complexity index is 311. The van der Waals surface area contributed by atoms with Gasteiger partial charge in [0.2, 0.25) is 0 Å². The fourth-order valence-corrected chi connectivity index (χ4v) is 1.15. The van der Waals surface area contributed by atoms with Crippen molar-refractivity contribution in [2.24, 2.45) is 0 Å². The van der Waals surface area contributed by atoms with Crippen molar-refractivity contribution >= 4 is 5.69 Å². The van der Waals surface area contributed by atoms with Gasteiger partial charge in [-0.2, -0.15) is 4.89 Å². The third kappa shape index (κ3) is 0.967. The highest BCUT2D eigenvalue weighted by Crippen LogP contribution is 2.34. The van der Waals surface area contributed by atoms with E-state index < -0.39 is 0 Å². The van der Waals surface area contributed by atoms with E-state index in [0.717, 1.165) is 5.56 Å². The van der Waals surface area contributed by atoms with Crippen LogP contribution < -0.4 is 15.4 Å². The van der Waals surface area contributed by atoms with Crippen LogP contribution in [-0.2, 0) is 11.5 Å². The smallest absolute Gasteiger partial charge is 0.174 e. The molecular weight excluding hydrogens is 158 g/mol. The predicted octanol–water partition coefficient (Wildman–Crippen LogP) is 1.10. The predicted molar refractivity (Wildman–Crippen MR) is 42.8 cm³/mol. The molecule has 1 heterocycles. The minimum Gasteiger partial charge on any atom is -0.494 e. The first-order valence-electron chi connectivity index (χ1n) is 3.57. The lowest BCUT2D eigenvalue weighted by molar-refractivity contribution is -0.194. The largest absolute Gasteiger partial charge is 0.494 e. The van der Waals surface area contributed by atoms with E-state index in [4.69, 9.17) is 20.2 Å². The maximum Gasteiger partial charge on any atom is 0.174 e. The van der Waals surface area contributed by atoms with Crippen LogP contribution in [0.3, 0.4) is 0 Å². The van der Waals surface area contributed by atoms with Gasteiger partial charge in [0.25, 0.3) is 0 Å². The Morgan fingerprint density at radius 1 is 1.50 bits per heavy atom. The van der Waals surface area contributed by atoms with Gasteiger partial charge in [-0.1, -0.05) is 0 Å². The van der Waals surface area contributed by atoms with Crippen LogP contribution in [0.25, 0.3) is 0 Å². The van der Waals surface area contributed by atoms with Gasteiger partial charge in [-0.15, -0.1) is 0 Å². The monoisotopic (exact) mass is 167 g/mol. The van der Waals surface area contributed by atoms with Crippen LogP contribution in [0.4, 0.5) is 5.69 Å². The molecule has 0 fully saturated rings. The molecule has 1 aromatic carbocycles. The maximum atomic E-state index is 5.67. The molecule has 0 saturated heterocycles. The van der Waals surface area contributed by atoms with Crippen molar-refractivity contribution in [3.05, 3.63) is 17.7 Å². The number of methoxy groups -OCH3 is 1. The lowest BCUT2D eigenvalue weighted by Gasteiger charge is -2.04. The highest BCUT2D eigenvalue weighted by molar-refractivity contribution is 5.59. The molecule has 1 aliphatic heterocycles. The van der Waals surface area contributed by atoms with Crippen molar-refractivity contribution in [3.8, 4) is 11.5 Å². The fourth-order valence-electron chi connectivity index (χ4n) is 1.15. The van der Waals surface area contributed by atoms with E-state index in [9.17, 15) is 0 Å². The lowest BCUT2D eigenvalue weighted by Crippen LogP contribution is -1.93. The molecule has 1 aromatic rings. The first kappa shape index (κ1) is 7.24. The van der Waals surface area contributed by atoms with E-state index in [1.807, 2.05) is 0 Å². The van der Waals surface area contributed by atoms with Crippen molar-refractivity contribution in [2.75, 3.05) is 12.8 Å². The summed E-state index contributed by atoms with van der Waals surface area (Å²) in [7, 11) is 1.56. The third-order valence-corrected chi connectivity index (χ3v) is 1.78. The Morgan fingerprint density at radius 3 is 3.08 bits per heavy atom. The van der Waals surface area contributed by atoms with E-state index in [0.29, 0.717) is 23.8 Å². The zero-order valence-electron chi connectivity index (χ0n) is 6.66. The van der Waals surface area contributed by atoms with Crippen LogP contribution in [-0.4, -0.2) is 7.11 Å². The number of nitrogen functional groups attached to an aromatic ring is 1. The molecule has 0 aliphatic carbocycles. The number of nitrogens with two attached hydrogens (primary N) is 1. The van der Waals surface area contributed by atoms with Gasteiger partial charge >= 0.3 is 0 Å². The van der Waals surface area contributed by atoms with Gasteiger partial charge in [0.05, 0.1) is 12.8 Å². The molecule has 0 unspecified atom stereocenters. The molecule has 0 amide bonds. The molecule has 2 N–H and O–H groups in total. The zero-order valence-corrected chi connectivity index (χ0v) is 6.66. The summed E-state index contributed by atoms with van der Waals surface area (Å²) in [5.41, 5.74) is 7.22. The maximum absolute atomic E-state index is 5.67. The van der Waals surface area contributed by atoms with Crippen LogP contribution in [0.15, 0.2) is 12.1 Å². The standard InChI is InChI=1S/C8H9NO3/c1-10-8-3-7-5(2-6(8)9)4-11-12-7/h2-3H,4,9H2,1H3. The quantitative estimate of drug-likeness (QED) is 0.502. The van der Waals surface area contributed by atoms with Gasteiger partial charge in [0, 0.05) is 11.6 Å². The molecule has 64 valence electrons. The molecule has 0 spiro atoms. The fraction of sp³-hybridized carbons (Fsp3) is 0.250. The van der Waals surface area contributed by atoms with Crippen molar-refractivity contribution in [1.29, 1.82) is 0 Å². The molecule has 4 heteroatoms. The highest BCUT2D eigenvalue weighted by Gasteiger charge is 2.16. The summed E-state index contributed by atoms with van der Waals surface area (Å²) in [6.45, 7) is 0.448. The number of hydrogen-bond donors (Lipinski definition) is 1. The highest BCUT2D eigenvalue weighted by atomic mass is 17.2. The summed E-state index contributed by atoms with van der Waals surface area (Å²) in [4.78, 5) is 9.62. The molecule has 0 atom stereocenters. The normalized spacial score (nSPS) is 13.8. The lowest BCUT2D eigenvalue weighted by atomic mass is 10.2. The van der Waals surface area contributed by atoms with Gasteiger partial charge in [-0.3, -0.25) is 0 Å². The van der Waals surface area contributed by atoms with Crippen molar-refractivity contribution < 1.29 is 14.5 Å². The third-order valence-electron chi connectivity index (χ3n) is 1.78. The van der Waals surface area contributed by atoms with E-state index in [1.165, 1.54) is 0 Å². The molecule has 0 bridgehead atoms. The van der Waals surface area contributed by atoms with Crippen molar-refractivity contribution in [1.82, 2.24) is 0 Å². The van der Waals surface area contributed by atoms with Crippen LogP contribution in [0.1, 0.15) is 5.56 Å². The Balaban J connectivity index is 2.49. The molecule has 2 rings (SSSR count). The second-order valence-electron chi connectivity index (χ2n) is 2.55. The first-order chi connectivity index (χ1) is 5.81. The van der Waals surface area contributed by atoms with Crippen LogP contribution in [0.5, 0.6) is 11.5 Å². The molecular formula is C8H9NO3. The molecule has 0 radical (unpaired) electrons. The van der Waals surface area contributed by atoms with E-state index in [2.05, 4.69) is 0 Å². The van der Waals surface area contributed by atoms with Gasteiger partial charge in [-0.05, 0) is 6.07 Å². The number of ether oxygens (including phenoxy) is 1. The summed E-state index contributed by atoms with van der Waals surface area (Å²) in [6, 6.07) is 3.51. The molecule has 0 aromatic heterocycles.